The first kappa shape index (κ1) is 25.8. The van der Waals surface area contributed by atoms with Gasteiger partial charge in [-0.25, -0.2) is 0 Å². The minimum absolute atomic E-state index is 0.136. The number of unbranched alkanes of at least 4 members (excludes halogenated alkanes) is 1. The average Bonchev–Trinajstić information content (AvgIpc) is 2.88. The maximum Gasteiger partial charge on any atom is 0.306 e. The largest absolute Gasteiger partial charge is 0.497 e. The second kappa shape index (κ2) is 13.2. The molecule has 35 heavy (non-hydrogen) atoms. The van der Waals surface area contributed by atoms with Crippen LogP contribution in [0.4, 0.5) is 0 Å². The molecule has 184 valence electrons. The lowest BCUT2D eigenvalue weighted by molar-refractivity contribution is -0.141. The second-order valence-corrected chi connectivity index (χ2v) is 8.52. The minimum atomic E-state index is -0.801. The number of aliphatic carboxylic acids is 1. The number of nitrogens with one attached hydrogen (secondary N) is 1. The summed E-state index contributed by atoms with van der Waals surface area (Å²) in [6.45, 7) is 2.33. The summed E-state index contributed by atoms with van der Waals surface area (Å²) in [6, 6.07) is 21.6. The number of hydrogen-bond acceptors (Lipinski definition) is 4. The Morgan fingerprint density at radius 1 is 1.03 bits per heavy atom. The van der Waals surface area contributed by atoms with Crippen molar-refractivity contribution in [2.75, 3.05) is 20.3 Å². The van der Waals surface area contributed by atoms with Gasteiger partial charge in [0.1, 0.15) is 18.1 Å². The molecule has 6 nitrogen and oxygen atoms in total. The standard InChI is InChI=1S/C29H33NO5/c1-21(29(32)33)8-3-4-10-24(20-35-27-13-7-11-23-9-5-6-12-26(23)27)28(31)30-19-18-22-14-16-25(34-2)17-15-22/h5-7,9-17,21H,3-4,8,18-20H2,1-2H3,(H,30,31)(H,32,33). The molecule has 2 N–H and O–H groups in total. The Morgan fingerprint density at radius 3 is 2.51 bits per heavy atom. The molecule has 1 unspecified atom stereocenters. The molecule has 0 spiro atoms. The third kappa shape index (κ3) is 7.88. The number of carbonyl (C=O) groups excluding carboxylic acids is 1. The molecule has 0 heterocycles. The average molecular weight is 476 g/mol. The number of carbonyl (C=O) groups is 2. The van der Waals surface area contributed by atoms with Crippen molar-refractivity contribution in [3.05, 3.63) is 83.9 Å². The number of ether oxygens (including phenoxy) is 2. The van der Waals surface area contributed by atoms with Gasteiger partial charge in [-0.2, -0.15) is 0 Å². The number of hydrogen-bond donors (Lipinski definition) is 2. The van der Waals surface area contributed by atoms with E-state index in [0.717, 1.165) is 27.8 Å². The lowest BCUT2D eigenvalue weighted by Gasteiger charge is -2.13. The van der Waals surface area contributed by atoms with E-state index in [1.807, 2.05) is 72.8 Å². The van der Waals surface area contributed by atoms with Gasteiger partial charge in [-0.3, -0.25) is 9.59 Å². The summed E-state index contributed by atoms with van der Waals surface area (Å²) in [4.78, 5) is 24.0. The van der Waals surface area contributed by atoms with E-state index >= 15 is 0 Å². The SMILES string of the molecule is COc1ccc(CCNC(=O)C(=CCCCC(C)C(=O)O)COc2cccc3ccccc23)cc1. The lowest BCUT2D eigenvalue weighted by atomic mass is 10.0. The van der Waals surface area contributed by atoms with Crippen molar-refractivity contribution in [2.45, 2.75) is 32.6 Å². The van der Waals surface area contributed by atoms with E-state index in [1.54, 1.807) is 14.0 Å². The first-order valence-corrected chi connectivity index (χ1v) is 11.9. The zero-order chi connectivity index (χ0) is 25.0. The maximum atomic E-state index is 13.0. The zero-order valence-corrected chi connectivity index (χ0v) is 20.3. The predicted octanol–water partition coefficient (Wildman–Crippen LogP) is 5.40. The smallest absolute Gasteiger partial charge is 0.306 e. The molecular weight excluding hydrogens is 442 g/mol. The highest BCUT2D eigenvalue weighted by atomic mass is 16.5. The quantitative estimate of drug-likeness (QED) is 0.255. The number of carboxylic acid groups (broad SMARTS) is 1. The molecule has 0 aliphatic carbocycles. The van der Waals surface area contributed by atoms with Crippen LogP contribution in [0.1, 0.15) is 31.7 Å². The fourth-order valence-electron chi connectivity index (χ4n) is 3.74. The first-order valence-electron chi connectivity index (χ1n) is 11.9. The third-order valence-corrected chi connectivity index (χ3v) is 5.94. The van der Waals surface area contributed by atoms with E-state index in [4.69, 9.17) is 14.6 Å². The molecular formula is C29H33NO5. The number of amides is 1. The molecule has 6 heteroatoms. The highest BCUT2D eigenvalue weighted by molar-refractivity contribution is 5.94. The van der Waals surface area contributed by atoms with Crippen molar-refractivity contribution in [3.8, 4) is 11.5 Å². The normalized spacial score (nSPS) is 12.2. The fourth-order valence-corrected chi connectivity index (χ4v) is 3.74. The van der Waals surface area contributed by atoms with Crippen LogP contribution < -0.4 is 14.8 Å². The number of allylic oxidation sites excluding steroid dienone is 1. The van der Waals surface area contributed by atoms with Crippen LogP contribution in [-0.4, -0.2) is 37.2 Å². The van der Waals surface area contributed by atoms with Gasteiger partial charge in [0.25, 0.3) is 0 Å². The van der Waals surface area contributed by atoms with Crippen LogP contribution in [0.25, 0.3) is 10.8 Å². The Bertz CT molecular complexity index is 1150. The van der Waals surface area contributed by atoms with Gasteiger partial charge in [0, 0.05) is 11.9 Å². The van der Waals surface area contributed by atoms with Crippen LogP contribution in [0, 0.1) is 5.92 Å². The van der Waals surface area contributed by atoms with E-state index in [1.165, 1.54) is 0 Å². The molecule has 0 aromatic heterocycles. The van der Waals surface area contributed by atoms with Gasteiger partial charge in [0.05, 0.1) is 18.6 Å². The topological polar surface area (TPSA) is 84.9 Å². The van der Waals surface area contributed by atoms with Gasteiger partial charge in [-0.1, -0.05) is 61.5 Å². The minimum Gasteiger partial charge on any atom is -0.497 e. The molecule has 0 radical (unpaired) electrons. The van der Waals surface area contributed by atoms with Crippen molar-refractivity contribution in [1.29, 1.82) is 0 Å². The summed E-state index contributed by atoms with van der Waals surface area (Å²) in [6.07, 6.45) is 4.41. The Balaban J connectivity index is 1.63. The molecule has 3 aromatic rings. The van der Waals surface area contributed by atoms with E-state index < -0.39 is 11.9 Å². The highest BCUT2D eigenvalue weighted by Crippen LogP contribution is 2.25. The van der Waals surface area contributed by atoms with Crippen LogP contribution in [-0.2, 0) is 16.0 Å². The molecule has 1 amide bonds. The molecule has 0 saturated heterocycles. The summed E-state index contributed by atoms with van der Waals surface area (Å²) in [5, 5.41) is 14.1. The van der Waals surface area contributed by atoms with Gasteiger partial charge in [-0.05, 0) is 54.8 Å². The molecule has 0 saturated carbocycles. The van der Waals surface area contributed by atoms with Crippen LogP contribution in [0.2, 0.25) is 0 Å². The van der Waals surface area contributed by atoms with Gasteiger partial charge < -0.3 is 19.9 Å². The number of carboxylic acids is 1. The summed E-state index contributed by atoms with van der Waals surface area (Å²) in [7, 11) is 1.63. The summed E-state index contributed by atoms with van der Waals surface area (Å²) in [5.41, 5.74) is 1.64. The van der Waals surface area contributed by atoms with E-state index in [0.29, 0.717) is 37.8 Å². The monoisotopic (exact) mass is 475 g/mol. The number of rotatable bonds is 13. The molecule has 0 aliphatic heterocycles. The second-order valence-electron chi connectivity index (χ2n) is 8.52. The van der Waals surface area contributed by atoms with Crippen molar-refractivity contribution in [3.63, 3.8) is 0 Å². The summed E-state index contributed by atoms with van der Waals surface area (Å²) < 4.78 is 11.3. The van der Waals surface area contributed by atoms with Crippen molar-refractivity contribution in [1.82, 2.24) is 5.32 Å². The lowest BCUT2D eigenvalue weighted by Crippen LogP contribution is -2.29. The Kier molecular flexibility index (Phi) is 9.72. The first-order chi connectivity index (χ1) is 17.0. The maximum absolute atomic E-state index is 13.0. The van der Waals surface area contributed by atoms with Gasteiger partial charge in [-0.15, -0.1) is 0 Å². The van der Waals surface area contributed by atoms with Gasteiger partial charge in [0.2, 0.25) is 5.91 Å². The molecule has 0 aliphatic rings. The van der Waals surface area contributed by atoms with Crippen molar-refractivity contribution in [2.24, 2.45) is 5.92 Å². The Morgan fingerprint density at radius 2 is 1.77 bits per heavy atom. The van der Waals surface area contributed by atoms with Crippen LogP contribution in [0.5, 0.6) is 11.5 Å². The van der Waals surface area contributed by atoms with E-state index in [-0.39, 0.29) is 12.5 Å². The number of methoxy groups -OCH3 is 1. The van der Waals surface area contributed by atoms with Crippen LogP contribution >= 0.6 is 0 Å². The summed E-state index contributed by atoms with van der Waals surface area (Å²) >= 11 is 0. The van der Waals surface area contributed by atoms with Crippen LogP contribution in [0.3, 0.4) is 0 Å². The van der Waals surface area contributed by atoms with Crippen molar-refractivity contribution < 1.29 is 24.2 Å². The molecule has 1 atom stereocenters. The Labute approximate surface area is 206 Å². The third-order valence-electron chi connectivity index (χ3n) is 5.94. The molecule has 0 bridgehead atoms. The van der Waals surface area contributed by atoms with Crippen molar-refractivity contribution >= 4 is 22.6 Å². The highest BCUT2D eigenvalue weighted by Gasteiger charge is 2.13. The fraction of sp³-hybridized carbons (Fsp3) is 0.310. The Hall–Kier alpha value is -3.80. The molecule has 3 aromatic carbocycles. The van der Waals surface area contributed by atoms with Gasteiger partial charge in [0.15, 0.2) is 0 Å². The zero-order valence-electron chi connectivity index (χ0n) is 20.3. The number of fused-ring (bicyclic) bond motifs is 1. The van der Waals surface area contributed by atoms with Gasteiger partial charge >= 0.3 is 5.97 Å². The number of benzene rings is 3. The predicted molar refractivity (Wildman–Crippen MR) is 138 cm³/mol. The van der Waals surface area contributed by atoms with Crippen LogP contribution in [0.15, 0.2) is 78.4 Å². The van der Waals surface area contributed by atoms with E-state index in [9.17, 15) is 9.59 Å². The molecule has 3 rings (SSSR count). The molecule has 0 fully saturated rings. The van der Waals surface area contributed by atoms with E-state index in [2.05, 4.69) is 5.32 Å². The summed E-state index contributed by atoms with van der Waals surface area (Å²) in [5.74, 6) is 0.136.